The smallest absolute Gasteiger partial charge is 0.0395 e. The summed E-state index contributed by atoms with van der Waals surface area (Å²) in [4.78, 5) is 0. The van der Waals surface area contributed by atoms with E-state index >= 15 is 0 Å². The summed E-state index contributed by atoms with van der Waals surface area (Å²) in [6.45, 7) is 19.9. The number of benzene rings is 2. The second kappa shape index (κ2) is 11.4. The van der Waals surface area contributed by atoms with Crippen molar-refractivity contribution in [2.24, 2.45) is 0 Å². The Morgan fingerprint density at radius 1 is 0.742 bits per heavy atom. The molecule has 4 aromatic carbocycles. The fraction of sp³-hybridized carbons (Fsp3) is 0.310. The molecule has 0 radical (unpaired) electrons. The van der Waals surface area contributed by atoms with Gasteiger partial charge >= 0.3 is 41.9 Å². The molecule has 0 aliphatic heterocycles. The van der Waals surface area contributed by atoms with Gasteiger partial charge < -0.3 is 0 Å². The zero-order chi connectivity index (χ0) is 23.3. The monoisotopic (exact) mass is 502 g/mol. The van der Waals surface area contributed by atoms with Gasteiger partial charge in [0.05, 0.1) is 0 Å². The van der Waals surface area contributed by atoms with Gasteiger partial charge in [0, 0.05) is 0 Å². The maximum atomic E-state index is 2.31. The molecule has 4 aromatic rings. The third-order valence-electron chi connectivity index (χ3n) is 5.96. The van der Waals surface area contributed by atoms with Crippen LogP contribution in [0.3, 0.4) is 0 Å². The van der Waals surface area contributed by atoms with E-state index in [1.165, 1.54) is 60.8 Å². The first kappa shape index (κ1) is 25.8. The van der Waals surface area contributed by atoms with E-state index in [2.05, 4.69) is 116 Å². The second-order valence-corrected chi connectivity index (χ2v) is 18.2. The molecule has 0 atom stereocenters. The van der Waals surface area contributed by atoms with Gasteiger partial charge in [-0.05, 0) is 26.3 Å². The van der Waals surface area contributed by atoms with Gasteiger partial charge in [-0.1, -0.05) is 62.6 Å². The van der Waals surface area contributed by atoms with Crippen LogP contribution < -0.4 is 0 Å². The Morgan fingerprint density at radius 2 is 1.29 bits per heavy atom. The number of rotatable bonds is 1. The molecule has 0 unspecified atom stereocenters. The Labute approximate surface area is 204 Å². The maximum Gasteiger partial charge on any atom is -0.0395 e. The Balaban J connectivity index is 0.000000220. The molecule has 0 saturated carbocycles. The van der Waals surface area contributed by atoms with Crippen LogP contribution in [0.4, 0.5) is 0 Å². The second-order valence-electron chi connectivity index (χ2n) is 8.85. The van der Waals surface area contributed by atoms with Crippen molar-refractivity contribution in [3.63, 3.8) is 0 Å². The molecule has 0 nitrogen and oxygen atoms in total. The van der Waals surface area contributed by atoms with Crippen molar-refractivity contribution in [1.29, 1.82) is 0 Å². The Morgan fingerprint density at radius 3 is 1.81 bits per heavy atom. The van der Waals surface area contributed by atoms with E-state index in [9.17, 15) is 0 Å². The van der Waals surface area contributed by atoms with Gasteiger partial charge in [0.2, 0.25) is 0 Å². The summed E-state index contributed by atoms with van der Waals surface area (Å²) in [5, 5.41) is 2.68. The summed E-state index contributed by atoms with van der Waals surface area (Å²) < 4.78 is 0. The van der Waals surface area contributed by atoms with Crippen LogP contribution >= 0.6 is 0 Å². The molecule has 31 heavy (non-hydrogen) atoms. The normalized spacial score (nSPS) is 10.3. The minimum absolute atomic E-state index is 0.210. The minimum Gasteiger partial charge on any atom is -0.196 e. The maximum absolute atomic E-state index is 2.31. The van der Waals surface area contributed by atoms with Crippen LogP contribution in [0.5, 0.6) is 0 Å². The van der Waals surface area contributed by atoms with Gasteiger partial charge in [-0.3, -0.25) is 0 Å². The van der Waals surface area contributed by atoms with Crippen LogP contribution in [-0.2, 0) is 23.3 Å². The molecule has 0 saturated heterocycles. The fourth-order valence-corrected chi connectivity index (χ4v) is 3.84. The largest absolute Gasteiger partial charge is 0.196 e. The van der Waals surface area contributed by atoms with E-state index in [0.717, 1.165) is 0 Å². The summed E-state index contributed by atoms with van der Waals surface area (Å²) in [7, 11) is 0. The van der Waals surface area contributed by atoms with Crippen LogP contribution in [0.15, 0.2) is 54.6 Å². The molecule has 0 spiro atoms. The number of hydrogen-bond acceptors (Lipinski definition) is 0. The molecule has 0 N–H and O–H groups in total. The van der Waals surface area contributed by atoms with Crippen molar-refractivity contribution in [3.05, 3.63) is 93.5 Å². The average molecular weight is 504 g/mol. The van der Waals surface area contributed by atoms with Crippen LogP contribution in [-0.4, -0.2) is 5.43 Å². The molecule has 0 aliphatic rings. The van der Waals surface area contributed by atoms with Crippen molar-refractivity contribution >= 4 is 16.2 Å². The first-order chi connectivity index (χ1) is 14.5. The molecule has 0 bridgehead atoms. The first-order valence-corrected chi connectivity index (χ1v) is 17.2. The molecular weight excluding hydrogens is 468 g/mol. The summed E-state index contributed by atoms with van der Waals surface area (Å²) >= 11 is 1.74. The molecule has 0 aliphatic carbocycles. The number of hydrogen-bond donors (Lipinski definition) is 0. The van der Waals surface area contributed by atoms with Crippen LogP contribution in [0.2, 0.25) is 13.1 Å². The fourth-order valence-electron chi connectivity index (χ4n) is 3.84. The van der Waals surface area contributed by atoms with Gasteiger partial charge in [0.25, 0.3) is 0 Å². The van der Waals surface area contributed by atoms with Gasteiger partial charge in [0.15, 0.2) is 0 Å². The number of aryl methyl sites for hydroxylation is 4. The van der Waals surface area contributed by atoms with E-state index in [4.69, 9.17) is 0 Å². The van der Waals surface area contributed by atoms with E-state index in [1.807, 2.05) is 0 Å². The molecule has 0 fully saturated rings. The Bertz CT molecular complexity index is 1160. The average Bonchev–Trinajstić information content (AvgIpc) is 3.22. The van der Waals surface area contributed by atoms with Crippen LogP contribution in [0, 0.1) is 48.5 Å². The molecule has 160 valence electrons. The van der Waals surface area contributed by atoms with Gasteiger partial charge in [-0.15, -0.1) is 46.7 Å². The third-order valence-corrected chi connectivity index (χ3v) is 5.96. The van der Waals surface area contributed by atoms with Crippen LogP contribution in [0.25, 0.3) is 21.9 Å². The quantitative estimate of drug-likeness (QED) is 0.180. The van der Waals surface area contributed by atoms with Gasteiger partial charge in [-0.2, -0.15) is 28.3 Å². The Kier molecular flexibility index (Phi) is 9.46. The van der Waals surface area contributed by atoms with E-state index in [1.54, 1.807) is 23.3 Å². The molecule has 4 rings (SSSR count). The summed E-state index contributed by atoms with van der Waals surface area (Å²) in [5.74, 6) is 0. The minimum atomic E-state index is 0.210. The molecule has 0 amide bonds. The topological polar surface area (TPSA) is 0 Å². The van der Waals surface area contributed by atoms with Crippen molar-refractivity contribution < 1.29 is 23.3 Å². The summed E-state index contributed by atoms with van der Waals surface area (Å²) in [6, 6.07) is 19.8. The first-order valence-electron chi connectivity index (χ1n) is 11.0. The Hall–Kier alpha value is -1.50. The van der Waals surface area contributed by atoms with Crippen molar-refractivity contribution in [2.45, 2.75) is 61.6 Å². The van der Waals surface area contributed by atoms with Gasteiger partial charge in [-0.25, -0.2) is 0 Å². The molecular formula is C29H36SiZr. The van der Waals surface area contributed by atoms with E-state index in [-0.39, 0.29) is 5.43 Å². The number of fused-ring (bicyclic) bond motifs is 1. The zero-order valence-corrected chi connectivity index (χ0v) is 24.2. The molecule has 0 heterocycles. The van der Waals surface area contributed by atoms with E-state index in [0.29, 0.717) is 0 Å². The van der Waals surface area contributed by atoms with Gasteiger partial charge in [0.1, 0.15) is 0 Å². The van der Waals surface area contributed by atoms with E-state index < -0.39 is 0 Å². The summed E-state index contributed by atoms with van der Waals surface area (Å²) in [6.07, 6.45) is 0. The zero-order valence-electron chi connectivity index (χ0n) is 20.7. The predicted octanol–water partition coefficient (Wildman–Crippen LogP) is 8.57. The standard InChI is InChI=1S/C18H17.C9H13.C2H6Si.Zr/c1-12-10-13(2)14(3)18(11-12)17-9-8-15-6-4-5-7-16(15)17;1-6-5-7(2)9(4)8(6)3;1-3-2;/h4-11H,1-3H3;5H,1-4H3;1-2H3;/q2*-1;;+2. The summed E-state index contributed by atoms with van der Waals surface area (Å²) in [5.41, 5.74) is 12.8. The van der Waals surface area contributed by atoms with Crippen molar-refractivity contribution in [3.8, 4) is 11.1 Å². The predicted molar refractivity (Wildman–Crippen MR) is 138 cm³/mol. The van der Waals surface area contributed by atoms with Crippen molar-refractivity contribution in [1.82, 2.24) is 0 Å². The SMILES string of the molecule is C[Si](C)=[Zr+2].Cc1[cH-]c(C)c(C)c1C.Cc1cc(C)c(C)c(-c2c[cH-]c3ccccc23)c1. The third kappa shape index (κ3) is 6.74. The molecule has 0 aromatic heterocycles. The van der Waals surface area contributed by atoms with Crippen LogP contribution in [0.1, 0.15) is 38.9 Å². The van der Waals surface area contributed by atoms with Crippen molar-refractivity contribution in [2.75, 3.05) is 0 Å². The molecule has 2 heteroatoms.